The molecule has 0 radical (unpaired) electrons. The summed E-state index contributed by atoms with van der Waals surface area (Å²) in [5, 5.41) is 2.69. The number of hydrogen-bond donors (Lipinski definition) is 0. The summed E-state index contributed by atoms with van der Waals surface area (Å²) in [6, 6.07) is 12.0. The molecule has 6 rings (SSSR count). The van der Waals surface area contributed by atoms with Gasteiger partial charge in [0.2, 0.25) is 0 Å². The predicted molar refractivity (Wildman–Crippen MR) is 118 cm³/mol. The Hall–Kier alpha value is -2.35. The molecule has 1 saturated carbocycles. The van der Waals surface area contributed by atoms with E-state index in [1.54, 1.807) is 11.1 Å². The third-order valence-corrected chi connectivity index (χ3v) is 7.38. The molecular weight excluding hydrogens is 340 g/mol. The van der Waals surface area contributed by atoms with Crippen molar-refractivity contribution in [1.29, 1.82) is 0 Å². The van der Waals surface area contributed by atoms with E-state index in [4.69, 9.17) is 4.98 Å². The van der Waals surface area contributed by atoms with E-state index in [2.05, 4.69) is 69.4 Å². The number of nitrogens with zero attached hydrogens (tertiary/aromatic N) is 2. The number of rotatable bonds is 0. The van der Waals surface area contributed by atoms with Crippen molar-refractivity contribution in [3.05, 3.63) is 58.3 Å². The maximum atomic E-state index is 5.17. The van der Waals surface area contributed by atoms with Crippen LogP contribution < -0.4 is 0 Å². The van der Waals surface area contributed by atoms with Gasteiger partial charge in [-0.05, 0) is 96.9 Å². The molecule has 2 aliphatic rings. The number of pyridine rings is 1. The molecule has 2 atom stereocenters. The average molecular weight is 369 g/mol. The molecule has 0 aliphatic heterocycles. The van der Waals surface area contributed by atoms with Gasteiger partial charge in [0.15, 0.2) is 0 Å². The van der Waals surface area contributed by atoms with Gasteiger partial charge in [-0.2, -0.15) is 0 Å². The molecule has 0 saturated heterocycles. The molecule has 142 valence electrons. The SMILES string of the molecule is Cc1cc2nc3c4cc5c(cc4cc(C(C)(C)C)n3c2cc1C)C1CCC5C1. The number of benzene rings is 2. The summed E-state index contributed by atoms with van der Waals surface area (Å²) < 4.78 is 2.43. The monoisotopic (exact) mass is 368 g/mol. The first-order valence-electron chi connectivity index (χ1n) is 10.7. The second-order valence-corrected chi connectivity index (χ2v) is 10.3. The third-order valence-electron chi connectivity index (χ3n) is 7.38. The third kappa shape index (κ3) is 2.07. The predicted octanol–water partition coefficient (Wildman–Crippen LogP) is 6.92. The maximum Gasteiger partial charge on any atom is 0.146 e. The van der Waals surface area contributed by atoms with Crippen molar-refractivity contribution in [3.63, 3.8) is 0 Å². The fraction of sp³-hybridized carbons (Fsp3) is 0.423. The quantitative estimate of drug-likeness (QED) is 0.329. The first-order chi connectivity index (χ1) is 13.3. The maximum absolute atomic E-state index is 5.17. The van der Waals surface area contributed by atoms with Crippen LogP contribution in [0.3, 0.4) is 0 Å². The van der Waals surface area contributed by atoms with Gasteiger partial charge in [0.25, 0.3) is 0 Å². The Morgan fingerprint density at radius 3 is 2.29 bits per heavy atom. The summed E-state index contributed by atoms with van der Waals surface area (Å²) >= 11 is 0. The molecule has 2 nitrogen and oxygen atoms in total. The van der Waals surface area contributed by atoms with Gasteiger partial charge in [0, 0.05) is 16.5 Å². The minimum atomic E-state index is 0.0525. The van der Waals surface area contributed by atoms with Gasteiger partial charge in [-0.3, -0.25) is 4.40 Å². The second-order valence-electron chi connectivity index (χ2n) is 10.3. The first kappa shape index (κ1) is 16.6. The van der Waals surface area contributed by atoms with Crippen molar-refractivity contribution in [2.75, 3.05) is 0 Å². The fourth-order valence-electron chi connectivity index (χ4n) is 5.74. The zero-order valence-corrected chi connectivity index (χ0v) is 17.6. The lowest BCUT2D eigenvalue weighted by Crippen LogP contribution is -2.16. The normalized spacial score (nSPS) is 21.3. The van der Waals surface area contributed by atoms with Crippen LogP contribution >= 0.6 is 0 Å². The van der Waals surface area contributed by atoms with Gasteiger partial charge in [-0.25, -0.2) is 4.98 Å². The summed E-state index contributed by atoms with van der Waals surface area (Å²) in [7, 11) is 0. The Balaban J connectivity index is 1.81. The first-order valence-corrected chi connectivity index (χ1v) is 10.7. The number of fused-ring (bicyclic) bond motifs is 10. The lowest BCUT2D eigenvalue weighted by Gasteiger charge is -2.23. The molecular formula is C26H28N2. The van der Waals surface area contributed by atoms with Gasteiger partial charge < -0.3 is 0 Å². The zero-order chi connectivity index (χ0) is 19.4. The van der Waals surface area contributed by atoms with Crippen molar-refractivity contribution >= 4 is 27.5 Å². The molecule has 2 heteroatoms. The number of aromatic nitrogens is 2. The standard InChI is InChI=1S/C26H28N2/c1-14-8-22-23(9-15(14)2)28-24(26(3,4)5)12-18-11-19-16-6-7-17(10-16)20(19)13-21(18)25(28)27-22/h8-9,11-13,16-17H,6-7,10H2,1-5H3. The molecule has 2 bridgehead atoms. The number of hydrogen-bond acceptors (Lipinski definition) is 1. The summed E-state index contributed by atoms with van der Waals surface area (Å²) in [6.07, 6.45) is 4.11. The van der Waals surface area contributed by atoms with Crippen LogP contribution in [-0.4, -0.2) is 9.38 Å². The van der Waals surface area contributed by atoms with E-state index in [0.29, 0.717) is 0 Å². The van der Waals surface area contributed by atoms with Gasteiger partial charge in [-0.15, -0.1) is 0 Å². The van der Waals surface area contributed by atoms with Gasteiger partial charge in [0.05, 0.1) is 11.0 Å². The van der Waals surface area contributed by atoms with Crippen LogP contribution in [0.2, 0.25) is 0 Å². The summed E-state index contributed by atoms with van der Waals surface area (Å²) in [6.45, 7) is 11.3. The van der Waals surface area contributed by atoms with Crippen molar-refractivity contribution in [2.45, 2.75) is 71.1 Å². The Labute approximate surface area is 166 Å². The Kier molecular flexibility index (Phi) is 3.06. The molecule has 0 amide bonds. The molecule has 2 heterocycles. The molecule has 2 aromatic carbocycles. The van der Waals surface area contributed by atoms with E-state index in [-0.39, 0.29) is 5.41 Å². The van der Waals surface area contributed by atoms with E-state index in [0.717, 1.165) is 23.0 Å². The number of imidazole rings is 1. The topological polar surface area (TPSA) is 17.3 Å². The highest BCUT2D eigenvalue weighted by molar-refractivity contribution is 6.00. The Morgan fingerprint density at radius 2 is 1.57 bits per heavy atom. The molecule has 2 unspecified atom stereocenters. The second kappa shape index (κ2) is 5.17. The highest BCUT2D eigenvalue weighted by Crippen LogP contribution is 2.54. The minimum Gasteiger partial charge on any atom is -0.296 e. The van der Waals surface area contributed by atoms with Crippen LogP contribution in [-0.2, 0) is 5.41 Å². The Bertz CT molecular complexity index is 1300. The van der Waals surface area contributed by atoms with Gasteiger partial charge in [0.1, 0.15) is 5.65 Å². The number of aryl methyl sites for hydroxylation is 2. The molecule has 4 aromatic rings. The van der Waals surface area contributed by atoms with Crippen molar-refractivity contribution in [2.24, 2.45) is 0 Å². The summed E-state index contributed by atoms with van der Waals surface area (Å²) in [4.78, 5) is 5.17. The Morgan fingerprint density at radius 1 is 0.893 bits per heavy atom. The molecule has 0 spiro atoms. The van der Waals surface area contributed by atoms with Crippen LogP contribution in [0.4, 0.5) is 0 Å². The van der Waals surface area contributed by atoms with Crippen LogP contribution in [0, 0.1) is 13.8 Å². The van der Waals surface area contributed by atoms with Crippen LogP contribution in [0.25, 0.3) is 27.5 Å². The highest BCUT2D eigenvalue weighted by Gasteiger charge is 2.37. The summed E-state index contributed by atoms with van der Waals surface area (Å²) in [5.41, 5.74) is 10.8. The van der Waals surface area contributed by atoms with Gasteiger partial charge in [-0.1, -0.05) is 26.8 Å². The summed E-state index contributed by atoms with van der Waals surface area (Å²) in [5.74, 6) is 1.57. The fourth-order valence-corrected chi connectivity index (χ4v) is 5.74. The van der Waals surface area contributed by atoms with Crippen molar-refractivity contribution in [3.8, 4) is 0 Å². The van der Waals surface area contributed by atoms with E-state index in [1.165, 1.54) is 52.4 Å². The smallest absolute Gasteiger partial charge is 0.146 e. The van der Waals surface area contributed by atoms with Crippen LogP contribution in [0.1, 0.15) is 79.8 Å². The molecule has 0 N–H and O–H groups in total. The van der Waals surface area contributed by atoms with Crippen molar-refractivity contribution < 1.29 is 0 Å². The van der Waals surface area contributed by atoms with Crippen molar-refractivity contribution in [1.82, 2.24) is 9.38 Å². The molecule has 28 heavy (non-hydrogen) atoms. The van der Waals surface area contributed by atoms with E-state index < -0.39 is 0 Å². The minimum absolute atomic E-state index is 0.0525. The van der Waals surface area contributed by atoms with E-state index in [9.17, 15) is 0 Å². The molecule has 2 aromatic heterocycles. The zero-order valence-electron chi connectivity index (χ0n) is 17.6. The van der Waals surface area contributed by atoms with Crippen LogP contribution in [0.5, 0.6) is 0 Å². The molecule has 1 fully saturated rings. The van der Waals surface area contributed by atoms with Crippen LogP contribution in [0.15, 0.2) is 30.3 Å². The lowest BCUT2D eigenvalue weighted by atomic mass is 9.87. The largest absolute Gasteiger partial charge is 0.296 e. The highest BCUT2D eigenvalue weighted by atomic mass is 15.0. The lowest BCUT2D eigenvalue weighted by molar-refractivity contribution is 0.564. The average Bonchev–Trinajstić information content (AvgIpc) is 3.33. The van der Waals surface area contributed by atoms with E-state index in [1.807, 2.05) is 0 Å². The van der Waals surface area contributed by atoms with Gasteiger partial charge >= 0.3 is 0 Å². The molecule has 2 aliphatic carbocycles. The van der Waals surface area contributed by atoms with E-state index >= 15 is 0 Å².